The van der Waals surface area contributed by atoms with E-state index < -0.39 is 0 Å². The molecule has 1 N–H and O–H groups in total. The molecule has 0 radical (unpaired) electrons. The largest absolute Gasteiger partial charge is 0.382 e. The van der Waals surface area contributed by atoms with E-state index in [1.807, 2.05) is 18.2 Å². The average molecular weight is 361 g/mol. The molecule has 0 spiro atoms. The molecule has 148 valence electrons. The highest BCUT2D eigenvalue weighted by Gasteiger charge is 2.42. The molecule has 1 aliphatic heterocycles. The minimum atomic E-state index is -0.313. The number of hydrogen-bond acceptors (Lipinski definition) is 1. The van der Waals surface area contributed by atoms with Gasteiger partial charge in [0.05, 0.1) is 20.1 Å². The Bertz CT molecular complexity index is 474. The molecular weight excluding hydrogens is 318 g/mol. The summed E-state index contributed by atoms with van der Waals surface area (Å²) in [4.78, 5) is 0. The van der Waals surface area contributed by atoms with Crippen molar-refractivity contribution < 1.29 is 9.59 Å². The molecule has 3 atom stereocenters. The summed E-state index contributed by atoms with van der Waals surface area (Å²) in [6, 6.07) is 10.6. The van der Waals surface area contributed by atoms with Crippen molar-refractivity contribution >= 4 is 0 Å². The SMILES string of the molecule is CCCCCCCCCCCC[N+]1(C)CCCC1C(O)c1ccccc1. The number of rotatable bonds is 13. The molecule has 1 aliphatic rings. The summed E-state index contributed by atoms with van der Waals surface area (Å²) in [6.07, 6.45) is 16.0. The highest BCUT2D eigenvalue weighted by atomic mass is 16.3. The molecule has 1 aromatic rings. The van der Waals surface area contributed by atoms with Crippen LogP contribution in [0.2, 0.25) is 0 Å². The Morgan fingerprint density at radius 3 is 2.12 bits per heavy atom. The van der Waals surface area contributed by atoms with Gasteiger partial charge in [0.1, 0.15) is 12.1 Å². The summed E-state index contributed by atoms with van der Waals surface area (Å²) in [7, 11) is 2.37. The number of quaternary nitrogens is 1. The fourth-order valence-electron chi connectivity index (χ4n) is 4.75. The van der Waals surface area contributed by atoms with Crippen molar-refractivity contribution in [2.45, 2.75) is 96.1 Å². The minimum Gasteiger partial charge on any atom is -0.382 e. The molecule has 1 saturated heterocycles. The van der Waals surface area contributed by atoms with Crippen molar-refractivity contribution in [1.29, 1.82) is 0 Å². The van der Waals surface area contributed by atoms with Crippen LogP contribution in [0.15, 0.2) is 30.3 Å². The van der Waals surface area contributed by atoms with E-state index in [0.717, 1.165) is 16.5 Å². The van der Waals surface area contributed by atoms with Gasteiger partial charge in [-0.05, 0) is 18.4 Å². The van der Waals surface area contributed by atoms with Crippen molar-refractivity contribution in [3.8, 4) is 0 Å². The first-order chi connectivity index (χ1) is 12.7. The zero-order chi connectivity index (χ0) is 18.7. The highest BCUT2D eigenvalue weighted by molar-refractivity contribution is 5.18. The zero-order valence-electron chi connectivity index (χ0n) is 17.3. The van der Waals surface area contributed by atoms with E-state index >= 15 is 0 Å². The third-order valence-corrected chi connectivity index (χ3v) is 6.50. The lowest BCUT2D eigenvalue weighted by Gasteiger charge is -2.38. The standard InChI is InChI=1S/C24H42NO/c1-3-4-5-6-7-8-9-10-11-15-20-25(2)21-16-19-23(25)24(26)22-17-13-12-14-18-22/h12-14,17-18,23-24,26H,3-11,15-16,19-21H2,1-2H3/q+1. The van der Waals surface area contributed by atoms with Crippen LogP contribution in [0.5, 0.6) is 0 Å². The van der Waals surface area contributed by atoms with Gasteiger partial charge in [0.15, 0.2) is 0 Å². The predicted molar refractivity (Wildman–Crippen MR) is 112 cm³/mol. The van der Waals surface area contributed by atoms with Crippen molar-refractivity contribution in [1.82, 2.24) is 0 Å². The number of unbranched alkanes of at least 4 members (excludes halogenated alkanes) is 9. The van der Waals surface area contributed by atoms with E-state index in [4.69, 9.17) is 0 Å². The van der Waals surface area contributed by atoms with Gasteiger partial charge in [-0.1, -0.05) is 88.6 Å². The van der Waals surface area contributed by atoms with E-state index in [0.29, 0.717) is 6.04 Å². The molecule has 2 heteroatoms. The number of aliphatic hydroxyl groups is 1. The van der Waals surface area contributed by atoms with Crippen molar-refractivity contribution in [3.05, 3.63) is 35.9 Å². The Morgan fingerprint density at radius 1 is 0.923 bits per heavy atom. The lowest BCUT2D eigenvalue weighted by atomic mass is 9.99. The topological polar surface area (TPSA) is 20.2 Å². The lowest BCUT2D eigenvalue weighted by molar-refractivity contribution is -0.925. The van der Waals surface area contributed by atoms with Crippen molar-refractivity contribution in [2.75, 3.05) is 20.1 Å². The van der Waals surface area contributed by atoms with E-state index in [-0.39, 0.29) is 6.10 Å². The first kappa shape index (κ1) is 21.4. The number of benzene rings is 1. The third kappa shape index (κ3) is 6.70. The summed E-state index contributed by atoms with van der Waals surface area (Å²) >= 11 is 0. The summed E-state index contributed by atoms with van der Waals surface area (Å²) < 4.78 is 1.06. The molecule has 26 heavy (non-hydrogen) atoms. The maximum atomic E-state index is 10.9. The Morgan fingerprint density at radius 2 is 1.50 bits per heavy atom. The van der Waals surface area contributed by atoms with Crippen LogP contribution in [0.4, 0.5) is 0 Å². The predicted octanol–water partition coefficient (Wildman–Crippen LogP) is 6.25. The smallest absolute Gasteiger partial charge is 0.131 e. The average Bonchev–Trinajstić information content (AvgIpc) is 3.05. The fourth-order valence-corrected chi connectivity index (χ4v) is 4.75. The Balaban J connectivity index is 1.64. The van der Waals surface area contributed by atoms with E-state index in [9.17, 15) is 5.11 Å². The van der Waals surface area contributed by atoms with Crippen molar-refractivity contribution in [2.24, 2.45) is 0 Å². The lowest BCUT2D eigenvalue weighted by Crippen LogP contribution is -2.51. The fraction of sp³-hybridized carbons (Fsp3) is 0.750. The molecule has 1 aromatic carbocycles. The van der Waals surface area contributed by atoms with Gasteiger partial charge in [-0.15, -0.1) is 0 Å². The van der Waals surface area contributed by atoms with E-state index in [1.54, 1.807) is 0 Å². The van der Waals surface area contributed by atoms with Crippen LogP contribution in [-0.4, -0.2) is 35.8 Å². The van der Waals surface area contributed by atoms with Gasteiger partial charge in [-0.25, -0.2) is 0 Å². The summed E-state index contributed by atoms with van der Waals surface area (Å²) in [6.45, 7) is 4.74. The molecular formula is C24H42NO+. The summed E-state index contributed by atoms with van der Waals surface area (Å²) in [5.41, 5.74) is 1.09. The number of likely N-dealkylation sites (N-methyl/N-ethyl adjacent to an activating group) is 1. The maximum absolute atomic E-state index is 10.9. The van der Waals surface area contributed by atoms with Crippen LogP contribution >= 0.6 is 0 Å². The number of likely N-dealkylation sites (tertiary alicyclic amines) is 1. The summed E-state index contributed by atoms with van der Waals surface area (Å²) in [5.74, 6) is 0. The van der Waals surface area contributed by atoms with Crippen LogP contribution in [0.1, 0.15) is 95.6 Å². The minimum absolute atomic E-state index is 0.313. The van der Waals surface area contributed by atoms with Gasteiger partial charge in [-0.2, -0.15) is 0 Å². The normalized spacial score (nSPS) is 24.0. The van der Waals surface area contributed by atoms with Gasteiger partial charge in [0.25, 0.3) is 0 Å². The molecule has 2 rings (SSSR count). The van der Waals surface area contributed by atoms with Gasteiger partial charge in [0.2, 0.25) is 0 Å². The van der Waals surface area contributed by atoms with E-state index in [1.165, 1.54) is 83.7 Å². The number of hydrogen-bond donors (Lipinski definition) is 1. The second-order valence-corrected chi connectivity index (χ2v) is 8.67. The summed E-state index contributed by atoms with van der Waals surface area (Å²) in [5, 5.41) is 10.9. The molecule has 3 unspecified atom stereocenters. The van der Waals surface area contributed by atoms with E-state index in [2.05, 4.69) is 26.1 Å². The Kier molecular flexibility index (Phi) is 9.71. The third-order valence-electron chi connectivity index (χ3n) is 6.50. The zero-order valence-corrected chi connectivity index (χ0v) is 17.3. The molecule has 0 aliphatic carbocycles. The first-order valence-corrected chi connectivity index (χ1v) is 11.2. The molecule has 1 fully saturated rings. The van der Waals surface area contributed by atoms with Crippen LogP contribution in [0.25, 0.3) is 0 Å². The monoisotopic (exact) mass is 360 g/mol. The number of nitrogens with zero attached hydrogens (tertiary/aromatic N) is 1. The Hall–Kier alpha value is -0.860. The van der Waals surface area contributed by atoms with Gasteiger partial charge >= 0.3 is 0 Å². The van der Waals surface area contributed by atoms with Crippen LogP contribution in [-0.2, 0) is 0 Å². The van der Waals surface area contributed by atoms with Crippen molar-refractivity contribution in [3.63, 3.8) is 0 Å². The van der Waals surface area contributed by atoms with Gasteiger partial charge < -0.3 is 9.59 Å². The van der Waals surface area contributed by atoms with Gasteiger partial charge in [-0.3, -0.25) is 0 Å². The Labute approximate surface area is 162 Å². The quantitative estimate of drug-likeness (QED) is 0.325. The number of aliphatic hydroxyl groups excluding tert-OH is 1. The first-order valence-electron chi connectivity index (χ1n) is 11.2. The van der Waals surface area contributed by atoms with Crippen LogP contribution < -0.4 is 0 Å². The second kappa shape index (κ2) is 11.8. The van der Waals surface area contributed by atoms with Crippen LogP contribution in [0, 0.1) is 0 Å². The maximum Gasteiger partial charge on any atom is 0.131 e. The molecule has 1 heterocycles. The second-order valence-electron chi connectivity index (χ2n) is 8.67. The molecule has 0 amide bonds. The molecule has 0 aromatic heterocycles. The molecule has 2 nitrogen and oxygen atoms in total. The molecule has 0 bridgehead atoms. The highest BCUT2D eigenvalue weighted by Crippen LogP contribution is 2.34. The van der Waals surface area contributed by atoms with Crippen LogP contribution in [0.3, 0.4) is 0 Å². The van der Waals surface area contributed by atoms with Gasteiger partial charge in [0, 0.05) is 12.8 Å². The molecule has 0 saturated carbocycles.